The van der Waals surface area contributed by atoms with E-state index in [0.717, 1.165) is 0 Å². The SMILES string of the molecule is C[C@H]1CN(C(=O)O)C[C@H]1N. The molecule has 58 valence electrons. The molecule has 0 aromatic carbocycles. The topological polar surface area (TPSA) is 66.6 Å². The predicted molar refractivity (Wildman–Crippen MR) is 36.7 cm³/mol. The molecular weight excluding hydrogens is 132 g/mol. The van der Waals surface area contributed by atoms with Crippen LogP contribution in [0.1, 0.15) is 6.92 Å². The summed E-state index contributed by atoms with van der Waals surface area (Å²) in [5, 5.41) is 8.52. The van der Waals surface area contributed by atoms with Crippen LogP contribution < -0.4 is 5.73 Å². The Balaban J connectivity index is 2.49. The van der Waals surface area contributed by atoms with E-state index < -0.39 is 6.09 Å². The second-order valence-electron chi connectivity index (χ2n) is 2.83. The standard InChI is InChI=1S/C6H12N2O2/c1-4-2-8(6(9)10)3-5(4)7/h4-5H,2-3,7H2,1H3,(H,9,10)/t4-,5+/m0/s1. The first-order valence-corrected chi connectivity index (χ1v) is 3.34. The van der Waals surface area contributed by atoms with Crippen LogP contribution in [-0.2, 0) is 0 Å². The van der Waals surface area contributed by atoms with Crippen LogP contribution in [0.3, 0.4) is 0 Å². The highest BCUT2D eigenvalue weighted by Crippen LogP contribution is 2.13. The number of hydrogen-bond donors (Lipinski definition) is 2. The lowest BCUT2D eigenvalue weighted by Crippen LogP contribution is -2.30. The maximum Gasteiger partial charge on any atom is 0.407 e. The van der Waals surface area contributed by atoms with Gasteiger partial charge in [-0.3, -0.25) is 0 Å². The zero-order chi connectivity index (χ0) is 7.72. The number of rotatable bonds is 0. The van der Waals surface area contributed by atoms with E-state index in [-0.39, 0.29) is 6.04 Å². The largest absolute Gasteiger partial charge is 0.465 e. The lowest BCUT2D eigenvalue weighted by molar-refractivity contribution is 0.154. The molecule has 0 radical (unpaired) electrons. The van der Waals surface area contributed by atoms with Gasteiger partial charge in [0, 0.05) is 19.1 Å². The fourth-order valence-corrected chi connectivity index (χ4v) is 1.15. The average Bonchev–Trinajstić information content (AvgIpc) is 2.13. The molecule has 0 aliphatic carbocycles. The van der Waals surface area contributed by atoms with Crippen LogP contribution in [-0.4, -0.2) is 35.2 Å². The lowest BCUT2D eigenvalue weighted by Gasteiger charge is -2.08. The van der Waals surface area contributed by atoms with Gasteiger partial charge in [-0.05, 0) is 5.92 Å². The first kappa shape index (κ1) is 7.34. The molecule has 3 N–H and O–H groups in total. The van der Waals surface area contributed by atoms with E-state index in [2.05, 4.69) is 0 Å². The second-order valence-corrected chi connectivity index (χ2v) is 2.83. The molecule has 1 heterocycles. The summed E-state index contributed by atoms with van der Waals surface area (Å²) in [5.41, 5.74) is 5.60. The molecule has 2 atom stereocenters. The van der Waals surface area contributed by atoms with E-state index in [1.54, 1.807) is 0 Å². The van der Waals surface area contributed by atoms with Crippen LogP contribution >= 0.6 is 0 Å². The van der Waals surface area contributed by atoms with E-state index in [1.807, 2.05) is 6.92 Å². The smallest absolute Gasteiger partial charge is 0.407 e. The zero-order valence-corrected chi connectivity index (χ0v) is 5.95. The molecule has 0 saturated carbocycles. The third-order valence-corrected chi connectivity index (χ3v) is 1.94. The molecular formula is C6H12N2O2. The normalized spacial score (nSPS) is 32.8. The number of amides is 1. The van der Waals surface area contributed by atoms with Gasteiger partial charge < -0.3 is 15.7 Å². The maximum atomic E-state index is 10.4. The van der Waals surface area contributed by atoms with Crippen molar-refractivity contribution in [2.45, 2.75) is 13.0 Å². The molecule has 1 saturated heterocycles. The number of carbonyl (C=O) groups is 1. The lowest BCUT2D eigenvalue weighted by atomic mass is 10.1. The van der Waals surface area contributed by atoms with Crippen molar-refractivity contribution in [3.63, 3.8) is 0 Å². The van der Waals surface area contributed by atoms with Crippen molar-refractivity contribution in [3.8, 4) is 0 Å². The first-order valence-electron chi connectivity index (χ1n) is 3.34. The Kier molecular flexibility index (Phi) is 1.80. The van der Waals surface area contributed by atoms with Gasteiger partial charge in [0.25, 0.3) is 0 Å². The Morgan fingerprint density at radius 2 is 2.30 bits per heavy atom. The van der Waals surface area contributed by atoms with Crippen molar-refractivity contribution in [1.82, 2.24) is 4.90 Å². The third kappa shape index (κ3) is 1.21. The summed E-state index contributed by atoms with van der Waals surface area (Å²) in [5.74, 6) is 0.302. The van der Waals surface area contributed by atoms with Gasteiger partial charge in [0.15, 0.2) is 0 Å². The van der Waals surface area contributed by atoms with E-state index in [1.165, 1.54) is 4.90 Å². The third-order valence-electron chi connectivity index (χ3n) is 1.94. The van der Waals surface area contributed by atoms with Crippen LogP contribution in [0.4, 0.5) is 4.79 Å². The molecule has 1 fully saturated rings. The number of nitrogens with zero attached hydrogens (tertiary/aromatic N) is 1. The van der Waals surface area contributed by atoms with Gasteiger partial charge in [0.05, 0.1) is 0 Å². The van der Waals surface area contributed by atoms with Gasteiger partial charge in [-0.25, -0.2) is 4.79 Å². The van der Waals surface area contributed by atoms with Crippen molar-refractivity contribution in [2.24, 2.45) is 11.7 Å². The van der Waals surface area contributed by atoms with E-state index in [4.69, 9.17) is 10.8 Å². The highest BCUT2D eigenvalue weighted by atomic mass is 16.4. The Morgan fingerprint density at radius 3 is 2.50 bits per heavy atom. The van der Waals surface area contributed by atoms with Crippen LogP contribution in [0.2, 0.25) is 0 Å². The summed E-state index contributed by atoms with van der Waals surface area (Å²) < 4.78 is 0. The highest BCUT2D eigenvalue weighted by molar-refractivity contribution is 5.65. The van der Waals surface area contributed by atoms with Crippen LogP contribution in [0.25, 0.3) is 0 Å². The number of carboxylic acid groups (broad SMARTS) is 1. The fraction of sp³-hybridized carbons (Fsp3) is 0.833. The van der Waals surface area contributed by atoms with E-state index in [9.17, 15) is 4.79 Å². The molecule has 0 aromatic heterocycles. The van der Waals surface area contributed by atoms with Gasteiger partial charge in [0.2, 0.25) is 0 Å². The predicted octanol–water partition coefficient (Wildman–Crippen LogP) is -0.0566. The van der Waals surface area contributed by atoms with Crippen molar-refractivity contribution >= 4 is 6.09 Å². The fourth-order valence-electron chi connectivity index (χ4n) is 1.15. The Morgan fingerprint density at radius 1 is 1.70 bits per heavy atom. The zero-order valence-electron chi connectivity index (χ0n) is 5.95. The molecule has 0 aromatic rings. The number of nitrogens with two attached hydrogens (primary N) is 1. The minimum absolute atomic E-state index is 0.0242. The van der Waals surface area contributed by atoms with Crippen LogP contribution in [0.5, 0.6) is 0 Å². The minimum atomic E-state index is -0.861. The molecule has 1 rings (SSSR count). The quantitative estimate of drug-likeness (QED) is 0.500. The first-order chi connectivity index (χ1) is 4.61. The van der Waals surface area contributed by atoms with Crippen molar-refractivity contribution in [3.05, 3.63) is 0 Å². The van der Waals surface area contributed by atoms with Crippen molar-refractivity contribution in [1.29, 1.82) is 0 Å². The monoisotopic (exact) mass is 144 g/mol. The minimum Gasteiger partial charge on any atom is -0.465 e. The molecule has 0 unspecified atom stereocenters. The van der Waals surface area contributed by atoms with Gasteiger partial charge >= 0.3 is 6.09 Å². The van der Waals surface area contributed by atoms with Crippen molar-refractivity contribution < 1.29 is 9.90 Å². The molecule has 1 amide bonds. The summed E-state index contributed by atoms with van der Waals surface area (Å²) >= 11 is 0. The Labute approximate surface area is 59.6 Å². The van der Waals surface area contributed by atoms with Gasteiger partial charge in [-0.15, -0.1) is 0 Å². The summed E-state index contributed by atoms with van der Waals surface area (Å²) in [6.45, 7) is 3.03. The Bertz CT molecular complexity index is 139. The maximum absolute atomic E-state index is 10.4. The van der Waals surface area contributed by atoms with Gasteiger partial charge in [-0.1, -0.05) is 6.92 Å². The van der Waals surface area contributed by atoms with Gasteiger partial charge in [0.1, 0.15) is 0 Å². The van der Waals surface area contributed by atoms with E-state index >= 15 is 0 Å². The van der Waals surface area contributed by atoms with E-state index in [0.29, 0.717) is 19.0 Å². The summed E-state index contributed by atoms with van der Waals surface area (Å²) in [6.07, 6.45) is -0.861. The van der Waals surface area contributed by atoms with Crippen LogP contribution in [0, 0.1) is 5.92 Å². The average molecular weight is 144 g/mol. The summed E-state index contributed by atoms with van der Waals surface area (Å²) in [4.78, 5) is 11.7. The molecule has 0 spiro atoms. The molecule has 1 aliphatic rings. The number of likely N-dealkylation sites (tertiary alicyclic amines) is 1. The summed E-state index contributed by atoms with van der Waals surface area (Å²) in [7, 11) is 0. The molecule has 4 heteroatoms. The highest BCUT2D eigenvalue weighted by Gasteiger charge is 2.29. The molecule has 4 nitrogen and oxygen atoms in total. The molecule has 10 heavy (non-hydrogen) atoms. The van der Waals surface area contributed by atoms with Crippen molar-refractivity contribution in [2.75, 3.05) is 13.1 Å². The number of hydrogen-bond acceptors (Lipinski definition) is 2. The van der Waals surface area contributed by atoms with Gasteiger partial charge in [-0.2, -0.15) is 0 Å². The van der Waals surface area contributed by atoms with Crippen LogP contribution in [0.15, 0.2) is 0 Å². The summed E-state index contributed by atoms with van der Waals surface area (Å²) in [6, 6.07) is 0.0242. The Hall–Kier alpha value is -0.770. The molecule has 0 bridgehead atoms. The molecule has 1 aliphatic heterocycles. The second kappa shape index (κ2) is 2.46.